The third-order valence-corrected chi connectivity index (χ3v) is 3.43. The first-order valence-electron chi connectivity index (χ1n) is 6.47. The van der Waals surface area contributed by atoms with Crippen molar-refractivity contribution >= 4 is 11.5 Å². The van der Waals surface area contributed by atoms with E-state index < -0.39 is 0 Å². The Labute approximate surface area is 107 Å². The smallest absolute Gasteiger partial charge is 0.239 e. The summed E-state index contributed by atoms with van der Waals surface area (Å²) in [6, 6.07) is 3.61. The summed E-state index contributed by atoms with van der Waals surface area (Å²) in [4.78, 5) is 4.35. The van der Waals surface area contributed by atoms with E-state index in [9.17, 15) is 5.11 Å². The molecule has 1 aliphatic carbocycles. The van der Waals surface area contributed by atoms with E-state index in [2.05, 4.69) is 10.3 Å². The Kier molecular flexibility index (Phi) is 3.91. The minimum Gasteiger partial charge on any atom is -0.476 e. The number of aliphatic hydroxyl groups excluding tert-OH is 1. The van der Waals surface area contributed by atoms with Crippen LogP contribution in [0.1, 0.15) is 32.6 Å². The number of aromatic nitrogens is 1. The van der Waals surface area contributed by atoms with Crippen molar-refractivity contribution in [2.45, 2.75) is 38.1 Å². The molecule has 0 unspecified atom stereocenters. The van der Waals surface area contributed by atoms with Crippen LogP contribution >= 0.6 is 0 Å². The van der Waals surface area contributed by atoms with E-state index in [1.165, 1.54) is 0 Å². The molecule has 18 heavy (non-hydrogen) atoms. The number of anilines is 2. The molecule has 100 valence electrons. The lowest BCUT2D eigenvalue weighted by atomic mass is 9.99. The standard InChI is InChI=1S/C13H21N3O2/c1-2-18-12-10(14)5-6-11(15-12)16-13(9-17)7-3-4-8-13/h5-6,17H,2-4,7-9,14H2,1H3,(H,15,16). The molecule has 0 spiro atoms. The van der Waals surface area contributed by atoms with Crippen molar-refractivity contribution < 1.29 is 9.84 Å². The highest BCUT2D eigenvalue weighted by Crippen LogP contribution is 2.33. The van der Waals surface area contributed by atoms with Crippen LogP contribution in [0.4, 0.5) is 11.5 Å². The fraction of sp³-hybridized carbons (Fsp3) is 0.615. The summed E-state index contributed by atoms with van der Waals surface area (Å²) in [7, 11) is 0. The van der Waals surface area contributed by atoms with Gasteiger partial charge in [0, 0.05) is 0 Å². The summed E-state index contributed by atoms with van der Waals surface area (Å²) in [6.07, 6.45) is 4.22. The van der Waals surface area contributed by atoms with Gasteiger partial charge in [-0.15, -0.1) is 0 Å². The predicted octanol–water partition coefficient (Wildman–Crippen LogP) is 1.78. The Balaban J connectivity index is 2.15. The zero-order valence-corrected chi connectivity index (χ0v) is 10.8. The maximum Gasteiger partial charge on any atom is 0.239 e. The number of nitrogens with one attached hydrogen (secondary N) is 1. The molecular weight excluding hydrogens is 230 g/mol. The number of rotatable bonds is 5. The molecule has 0 atom stereocenters. The van der Waals surface area contributed by atoms with Gasteiger partial charge in [0.25, 0.3) is 0 Å². The Bertz CT molecular complexity index is 403. The highest BCUT2D eigenvalue weighted by Gasteiger charge is 2.33. The van der Waals surface area contributed by atoms with Gasteiger partial charge in [0.15, 0.2) is 0 Å². The zero-order valence-electron chi connectivity index (χ0n) is 10.8. The van der Waals surface area contributed by atoms with Crippen molar-refractivity contribution in [3.05, 3.63) is 12.1 Å². The van der Waals surface area contributed by atoms with Gasteiger partial charge >= 0.3 is 0 Å². The molecule has 4 N–H and O–H groups in total. The molecule has 1 heterocycles. The number of hydrogen-bond acceptors (Lipinski definition) is 5. The molecule has 0 aromatic carbocycles. The second-order valence-electron chi connectivity index (χ2n) is 4.79. The molecule has 0 amide bonds. The number of ether oxygens (including phenoxy) is 1. The van der Waals surface area contributed by atoms with Crippen molar-refractivity contribution in [3.8, 4) is 5.88 Å². The summed E-state index contributed by atoms with van der Waals surface area (Å²) in [5.74, 6) is 1.16. The molecule has 0 aliphatic heterocycles. The lowest BCUT2D eigenvalue weighted by Gasteiger charge is -2.28. The minimum atomic E-state index is -0.230. The Morgan fingerprint density at radius 2 is 2.17 bits per heavy atom. The predicted molar refractivity (Wildman–Crippen MR) is 71.7 cm³/mol. The first kappa shape index (κ1) is 13.0. The van der Waals surface area contributed by atoms with E-state index in [-0.39, 0.29) is 12.1 Å². The van der Waals surface area contributed by atoms with E-state index in [4.69, 9.17) is 10.5 Å². The maximum atomic E-state index is 9.56. The van der Waals surface area contributed by atoms with Crippen LogP contribution in [0.25, 0.3) is 0 Å². The molecule has 1 aromatic rings. The zero-order chi connectivity index (χ0) is 13.0. The molecule has 0 radical (unpaired) electrons. The van der Waals surface area contributed by atoms with Gasteiger partial charge in [0.1, 0.15) is 5.82 Å². The van der Waals surface area contributed by atoms with Crippen LogP contribution in [0.2, 0.25) is 0 Å². The molecule has 0 saturated heterocycles. The fourth-order valence-electron chi connectivity index (χ4n) is 2.42. The van der Waals surface area contributed by atoms with E-state index in [1.54, 1.807) is 6.07 Å². The number of nitrogens with zero attached hydrogens (tertiary/aromatic N) is 1. The van der Waals surface area contributed by atoms with Crippen LogP contribution in [0.5, 0.6) is 5.88 Å². The minimum absolute atomic E-state index is 0.128. The molecule has 0 bridgehead atoms. The van der Waals surface area contributed by atoms with Crippen LogP contribution in [-0.2, 0) is 0 Å². The molecule has 1 aromatic heterocycles. The van der Waals surface area contributed by atoms with E-state index in [1.807, 2.05) is 13.0 Å². The SMILES string of the molecule is CCOc1nc(NC2(CO)CCCC2)ccc1N. The van der Waals surface area contributed by atoms with Crippen molar-refractivity contribution in [3.63, 3.8) is 0 Å². The summed E-state index contributed by atoms with van der Waals surface area (Å²) in [6.45, 7) is 2.56. The van der Waals surface area contributed by atoms with Gasteiger partial charge in [-0.2, -0.15) is 4.98 Å². The monoisotopic (exact) mass is 251 g/mol. The average molecular weight is 251 g/mol. The maximum absolute atomic E-state index is 9.56. The molecular formula is C13H21N3O2. The van der Waals surface area contributed by atoms with E-state index in [0.29, 0.717) is 24.0 Å². The van der Waals surface area contributed by atoms with Crippen LogP contribution in [0.3, 0.4) is 0 Å². The third kappa shape index (κ3) is 2.67. The van der Waals surface area contributed by atoms with E-state index in [0.717, 1.165) is 25.7 Å². The lowest BCUT2D eigenvalue weighted by molar-refractivity contribution is 0.213. The van der Waals surface area contributed by atoms with Gasteiger partial charge in [0.2, 0.25) is 5.88 Å². The average Bonchev–Trinajstić information content (AvgIpc) is 2.83. The van der Waals surface area contributed by atoms with Crippen molar-refractivity contribution in [1.29, 1.82) is 0 Å². The van der Waals surface area contributed by atoms with Crippen molar-refractivity contribution in [2.24, 2.45) is 0 Å². The fourth-order valence-corrected chi connectivity index (χ4v) is 2.42. The number of nitrogen functional groups attached to an aromatic ring is 1. The summed E-state index contributed by atoms with van der Waals surface area (Å²) >= 11 is 0. The number of nitrogens with two attached hydrogens (primary N) is 1. The van der Waals surface area contributed by atoms with Gasteiger partial charge in [-0.3, -0.25) is 0 Å². The number of hydrogen-bond donors (Lipinski definition) is 3. The number of pyridine rings is 1. The lowest BCUT2D eigenvalue weighted by Crippen LogP contribution is -2.39. The van der Waals surface area contributed by atoms with Crippen LogP contribution in [0, 0.1) is 0 Å². The van der Waals surface area contributed by atoms with Crippen LogP contribution in [-0.4, -0.2) is 28.8 Å². The summed E-state index contributed by atoms with van der Waals surface area (Å²) in [5.41, 5.74) is 6.09. The first-order valence-corrected chi connectivity index (χ1v) is 6.47. The summed E-state index contributed by atoms with van der Waals surface area (Å²) < 4.78 is 5.37. The van der Waals surface area contributed by atoms with Crippen molar-refractivity contribution in [2.75, 3.05) is 24.3 Å². The molecule has 2 rings (SSSR count). The normalized spacial score (nSPS) is 17.7. The molecule has 5 heteroatoms. The van der Waals surface area contributed by atoms with E-state index >= 15 is 0 Å². The quantitative estimate of drug-likeness (QED) is 0.743. The highest BCUT2D eigenvalue weighted by molar-refractivity contribution is 5.54. The van der Waals surface area contributed by atoms with Crippen molar-refractivity contribution in [1.82, 2.24) is 4.98 Å². The molecule has 1 aliphatic rings. The Morgan fingerprint density at radius 1 is 1.44 bits per heavy atom. The second kappa shape index (κ2) is 5.44. The molecule has 1 saturated carbocycles. The second-order valence-corrected chi connectivity index (χ2v) is 4.79. The van der Waals surface area contributed by atoms with Gasteiger partial charge in [-0.05, 0) is 31.9 Å². The third-order valence-electron chi connectivity index (χ3n) is 3.43. The van der Waals surface area contributed by atoms with Gasteiger partial charge in [-0.25, -0.2) is 0 Å². The molecule has 5 nitrogen and oxygen atoms in total. The number of aliphatic hydroxyl groups is 1. The van der Waals surface area contributed by atoms with Gasteiger partial charge < -0.3 is 20.9 Å². The van der Waals surface area contributed by atoms with Gasteiger partial charge in [0.05, 0.1) is 24.4 Å². The van der Waals surface area contributed by atoms with Crippen LogP contribution in [0.15, 0.2) is 12.1 Å². The van der Waals surface area contributed by atoms with Gasteiger partial charge in [-0.1, -0.05) is 12.8 Å². The Hall–Kier alpha value is -1.49. The highest BCUT2D eigenvalue weighted by atomic mass is 16.5. The largest absolute Gasteiger partial charge is 0.476 e. The summed E-state index contributed by atoms with van der Waals surface area (Å²) in [5, 5.41) is 12.9. The topological polar surface area (TPSA) is 80.4 Å². The first-order chi connectivity index (χ1) is 8.69. The molecule has 1 fully saturated rings. The van der Waals surface area contributed by atoms with Crippen LogP contribution < -0.4 is 15.8 Å². The Morgan fingerprint density at radius 3 is 2.78 bits per heavy atom.